The van der Waals surface area contributed by atoms with Crippen molar-refractivity contribution in [3.05, 3.63) is 116 Å². The minimum absolute atomic E-state index is 0.112. The molecule has 0 fully saturated rings. The second-order valence-electron chi connectivity index (χ2n) is 8.63. The van der Waals surface area contributed by atoms with Crippen molar-refractivity contribution in [2.24, 2.45) is 5.92 Å². The number of anilines is 1. The molecule has 0 saturated carbocycles. The molecule has 1 aliphatic carbocycles. The Labute approximate surface area is 206 Å². The van der Waals surface area contributed by atoms with Gasteiger partial charge in [-0.3, -0.25) is 14.9 Å². The molecule has 1 N–H and O–H groups in total. The fourth-order valence-corrected chi connectivity index (χ4v) is 4.91. The fraction of sp³-hybridized carbons (Fsp3) is 0.185. The summed E-state index contributed by atoms with van der Waals surface area (Å²) in [5, 5.41) is 15.1. The van der Waals surface area contributed by atoms with Crippen molar-refractivity contribution >= 4 is 34.7 Å². The summed E-state index contributed by atoms with van der Waals surface area (Å²) in [7, 11) is 0. The number of carbonyl (C=O) groups is 2. The molecule has 0 unspecified atom stereocenters. The number of benzene rings is 3. The molecular weight excluding hydrogens is 468 g/mol. The van der Waals surface area contributed by atoms with E-state index in [0.717, 1.165) is 23.2 Å². The van der Waals surface area contributed by atoms with E-state index in [-0.39, 0.29) is 23.2 Å². The maximum Gasteiger partial charge on any atom is 0.338 e. The zero-order valence-electron chi connectivity index (χ0n) is 18.5. The molecule has 3 aromatic rings. The number of allylic oxidation sites excluding steroid dienone is 2. The van der Waals surface area contributed by atoms with Gasteiger partial charge in [0.05, 0.1) is 16.5 Å². The van der Waals surface area contributed by atoms with Crippen LogP contribution in [0.4, 0.5) is 11.4 Å². The van der Waals surface area contributed by atoms with Gasteiger partial charge in [0.2, 0.25) is 0 Å². The number of esters is 1. The van der Waals surface area contributed by atoms with Gasteiger partial charge < -0.3 is 10.1 Å². The summed E-state index contributed by atoms with van der Waals surface area (Å²) in [6.45, 7) is -0.448. The Morgan fingerprint density at radius 3 is 2.46 bits per heavy atom. The Bertz CT molecular complexity index is 1330. The van der Waals surface area contributed by atoms with Crippen molar-refractivity contribution in [1.82, 2.24) is 0 Å². The summed E-state index contributed by atoms with van der Waals surface area (Å²) < 4.78 is 5.25. The Hall–Kier alpha value is -3.97. The van der Waals surface area contributed by atoms with Gasteiger partial charge >= 0.3 is 5.97 Å². The zero-order valence-corrected chi connectivity index (χ0v) is 19.3. The number of Topliss-reactive ketones (excluding diaryl/α,β-unsaturated/α-hetero) is 1. The lowest BCUT2D eigenvalue weighted by atomic mass is 9.76. The van der Waals surface area contributed by atoms with Crippen LogP contribution in [0.15, 0.2) is 78.9 Å². The highest BCUT2D eigenvalue weighted by Crippen LogP contribution is 2.50. The molecule has 3 atom stereocenters. The Morgan fingerprint density at radius 1 is 1.03 bits per heavy atom. The van der Waals surface area contributed by atoms with Gasteiger partial charge in [-0.05, 0) is 65.9 Å². The van der Waals surface area contributed by atoms with E-state index in [2.05, 4.69) is 17.5 Å². The van der Waals surface area contributed by atoms with Crippen LogP contribution in [-0.2, 0) is 4.74 Å². The quantitative estimate of drug-likeness (QED) is 0.148. The minimum Gasteiger partial charge on any atom is -0.454 e. The molecule has 5 rings (SSSR count). The molecule has 0 amide bonds. The highest BCUT2D eigenvalue weighted by atomic mass is 35.5. The number of hydrogen-bond acceptors (Lipinski definition) is 6. The van der Waals surface area contributed by atoms with Crippen LogP contribution < -0.4 is 5.32 Å². The number of nitro benzene ring substituents is 1. The third-order valence-electron chi connectivity index (χ3n) is 6.56. The molecule has 0 radical (unpaired) electrons. The average molecular weight is 489 g/mol. The van der Waals surface area contributed by atoms with Crippen LogP contribution in [0.25, 0.3) is 0 Å². The molecule has 35 heavy (non-hydrogen) atoms. The highest BCUT2D eigenvalue weighted by Gasteiger charge is 2.38. The number of non-ortho nitro benzene ring substituents is 1. The number of nitrogens with zero attached hydrogens (tertiary/aromatic N) is 1. The van der Waals surface area contributed by atoms with Crippen LogP contribution in [0.5, 0.6) is 0 Å². The normalized spacial score (nSPS) is 19.9. The largest absolute Gasteiger partial charge is 0.454 e. The van der Waals surface area contributed by atoms with E-state index < -0.39 is 23.3 Å². The Morgan fingerprint density at radius 2 is 1.74 bits per heavy atom. The topological polar surface area (TPSA) is 98.5 Å². The van der Waals surface area contributed by atoms with Gasteiger partial charge in [-0.1, -0.05) is 35.9 Å². The smallest absolute Gasteiger partial charge is 0.338 e. The van der Waals surface area contributed by atoms with Gasteiger partial charge in [0.1, 0.15) is 0 Å². The standard InChI is InChI=1S/C27H21ClN2O5/c28-19-9-4-17(5-10-19)26-22-3-1-2-21(22)23-14-18(8-13-24(23)29-26)27(32)35-15-25(31)16-6-11-20(12-7-16)30(33)34/h1-2,4-14,21-22,26,29H,3,15H2/t21-,22-,26-/m0/s1. The summed E-state index contributed by atoms with van der Waals surface area (Å²) in [6, 6.07) is 18.5. The summed E-state index contributed by atoms with van der Waals surface area (Å²) in [4.78, 5) is 35.3. The lowest BCUT2D eigenvalue weighted by Gasteiger charge is -2.37. The van der Waals surface area contributed by atoms with Crippen LogP contribution in [0.3, 0.4) is 0 Å². The lowest BCUT2D eigenvalue weighted by Crippen LogP contribution is -2.29. The van der Waals surface area contributed by atoms with Gasteiger partial charge in [-0.15, -0.1) is 0 Å². The van der Waals surface area contributed by atoms with Crippen molar-refractivity contribution in [2.45, 2.75) is 18.4 Å². The summed E-state index contributed by atoms with van der Waals surface area (Å²) in [5.74, 6) is -0.570. The zero-order chi connectivity index (χ0) is 24.5. The second kappa shape index (κ2) is 9.35. The van der Waals surface area contributed by atoms with E-state index in [1.165, 1.54) is 24.3 Å². The maximum absolute atomic E-state index is 12.7. The van der Waals surface area contributed by atoms with Crippen LogP contribution >= 0.6 is 11.6 Å². The number of nitro groups is 1. The first-order valence-corrected chi connectivity index (χ1v) is 11.6. The fourth-order valence-electron chi connectivity index (χ4n) is 4.79. The second-order valence-corrected chi connectivity index (χ2v) is 9.07. The van der Waals surface area contributed by atoms with Crippen LogP contribution in [0, 0.1) is 16.0 Å². The number of ether oxygens (including phenoxy) is 1. The highest BCUT2D eigenvalue weighted by molar-refractivity contribution is 6.30. The van der Waals surface area contributed by atoms with Crippen molar-refractivity contribution in [1.29, 1.82) is 0 Å². The average Bonchev–Trinajstić information content (AvgIpc) is 3.37. The van der Waals surface area contributed by atoms with Gasteiger partial charge in [0.15, 0.2) is 12.4 Å². The molecule has 0 spiro atoms. The molecule has 1 aliphatic heterocycles. The molecule has 7 nitrogen and oxygen atoms in total. The molecule has 0 saturated heterocycles. The van der Waals surface area contributed by atoms with E-state index in [1.54, 1.807) is 6.07 Å². The number of nitrogens with one attached hydrogen (secondary N) is 1. The molecule has 8 heteroatoms. The Balaban J connectivity index is 1.30. The number of hydrogen-bond donors (Lipinski definition) is 1. The molecular formula is C27H21ClN2O5. The van der Waals surface area contributed by atoms with Crippen molar-refractivity contribution in [3.8, 4) is 0 Å². The van der Waals surface area contributed by atoms with Crippen molar-refractivity contribution < 1.29 is 19.2 Å². The molecule has 2 aliphatic rings. The molecule has 0 aromatic heterocycles. The Kier molecular flexibility index (Phi) is 6.09. The van der Waals surface area contributed by atoms with Gasteiger partial charge in [-0.25, -0.2) is 4.79 Å². The van der Waals surface area contributed by atoms with Gasteiger partial charge in [-0.2, -0.15) is 0 Å². The van der Waals surface area contributed by atoms with Gasteiger partial charge in [0, 0.05) is 34.3 Å². The first-order valence-electron chi connectivity index (χ1n) is 11.2. The van der Waals surface area contributed by atoms with Crippen LogP contribution in [-0.4, -0.2) is 23.3 Å². The van der Waals surface area contributed by atoms with Crippen LogP contribution in [0.1, 0.15) is 50.2 Å². The number of carbonyl (C=O) groups excluding carboxylic acids is 2. The summed E-state index contributed by atoms with van der Waals surface area (Å²) >= 11 is 6.07. The van der Waals surface area contributed by atoms with Gasteiger partial charge in [0.25, 0.3) is 5.69 Å². The van der Waals surface area contributed by atoms with E-state index in [1.807, 2.05) is 36.4 Å². The van der Waals surface area contributed by atoms with E-state index in [9.17, 15) is 19.7 Å². The third-order valence-corrected chi connectivity index (χ3v) is 6.81. The van der Waals surface area contributed by atoms with Crippen molar-refractivity contribution in [3.63, 3.8) is 0 Å². The molecule has 176 valence electrons. The first kappa shape index (κ1) is 22.8. The minimum atomic E-state index is -0.596. The van der Waals surface area contributed by atoms with E-state index in [0.29, 0.717) is 16.5 Å². The molecule has 1 heterocycles. The third kappa shape index (κ3) is 4.55. The molecule has 3 aromatic carbocycles. The monoisotopic (exact) mass is 488 g/mol. The number of halogens is 1. The van der Waals surface area contributed by atoms with Crippen LogP contribution in [0.2, 0.25) is 5.02 Å². The van der Waals surface area contributed by atoms with Crippen molar-refractivity contribution in [2.75, 3.05) is 11.9 Å². The summed E-state index contributed by atoms with van der Waals surface area (Å²) in [5.41, 5.74) is 3.63. The van der Waals surface area contributed by atoms with E-state index >= 15 is 0 Å². The number of fused-ring (bicyclic) bond motifs is 3. The predicted molar refractivity (Wildman–Crippen MR) is 132 cm³/mol. The number of ketones is 1. The number of rotatable bonds is 6. The first-order chi connectivity index (χ1) is 16.9. The molecule has 0 bridgehead atoms. The van der Waals surface area contributed by atoms with E-state index in [4.69, 9.17) is 16.3 Å². The SMILES string of the molecule is O=C(COC(=O)c1ccc2c(c1)[C@H]1C=CC[C@@H]1[C@H](c1ccc(Cl)cc1)N2)c1ccc([N+](=O)[O-])cc1. The lowest BCUT2D eigenvalue weighted by molar-refractivity contribution is -0.384. The summed E-state index contributed by atoms with van der Waals surface area (Å²) in [6.07, 6.45) is 5.27. The predicted octanol–water partition coefficient (Wildman–Crippen LogP) is 6.11. The maximum atomic E-state index is 12.7.